The van der Waals surface area contributed by atoms with Crippen LogP contribution in [0.5, 0.6) is 0 Å². The van der Waals surface area contributed by atoms with E-state index >= 15 is 0 Å². The largest absolute Gasteiger partial charge is 0.459 e. The summed E-state index contributed by atoms with van der Waals surface area (Å²) >= 11 is 6.10. The number of hydrogen-bond donors (Lipinski definition) is 1. The van der Waals surface area contributed by atoms with Crippen LogP contribution < -0.4 is 5.32 Å². The van der Waals surface area contributed by atoms with Gasteiger partial charge in [0, 0.05) is 17.0 Å². The number of hydrogen-bond acceptors (Lipinski definition) is 4. The molecule has 2 aromatic carbocycles. The molecule has 0 unspecified atom stereocenters. The summed E-state index contributed by atoms with van der Waals surface area (Å²) in [6, 6.07) is 18.8. The number of ether oxygens (including phenoxy) is 1. The van der Waals surface area contributed by atoms with Crippen molar-refractivity contribution >= 4 is 23.5 Å². The minimum absolute atomic E-state index is 0.0282. The molecule has 0 bridgehead atoms. The minimum atomic E-state index is -0.854. The van der Waals surface area contributed by atoms with Crippen LogP contribution in [0.1, 0.15) is 21.7 Å². The summed E-state index contributed by atoms with van der Waals surface area (Å²) in [5.74, 6) is -0.888. The van der Waals surface area contributed by atoms with Crippen molar-refractivity contribution in [2.75, 3.05) is 0 Å². The SMILES string of the molecule is O=C(N[C@@H](Cc1ccccc1)C(=O)OCc1ccccc1Cl)c1ccco1. The van der Waals surface area contributed by atoms with Crippen LogP contribution in [-0.4, -0.2) is 17.9 Å². The second-order valence-corrected chi connectivity index (χ2v) is 6.30. The summed E-state index contributed by atoms with van der Waals surface area (Å²) in [6.45, 7) is 0.0282. The van der Waals surface area contributed by atoms with Gasteiger partial charge in [-0.25, -0.2) is 4.79 Å². The fourth-order valence-corrected chi connectivity index (χ4v) is 2.74. The second kappa shape index (κ2) is 9.05. The van der Waals surface area contributed by atoms with Crippen molar-refractivity contribution in [1.82, 2.24) is 5.32 Å². The third kappa shape index (κ3) is 5.21. The Morgan fingerprint density at radius 1 is 1.00 bits per heavy atom. The zero-order valence-electron chi connectivity index (χ0n) is 14.4. The monoisotopic (exact) mass is 383 g/mol. The number of furan rings is 1. The molecule has 0 aliphatic carbocycles. The lowest BCUT2D eigenvalue weighted by molar-refractivity contribution is -0.147. The number of halogens is 1. The number of nitrogens with one attached hydrogen (secondary N) is 1. The molecule has 1 N–H and O–H groups in total. The maximum atomic E-state index is 12.6. The zero-order valence-corrected chi connectivity index (χ0v) is 15.2. The second-order valence-electron chi connectivity index (χ2n) is 5.89. The van der Waals surface area contributed by atoms with E-state index in [0.29, 0.717) is 17.0 Å². The van der Waals surface area contributed by atoms with E-state index in [9.17, 15) is 9.59 Å². The first-order valence-corrected chi connectivity index (χ1v) is 8.79. The van der Waals surface area contributed by atoms with Gasteiger partial charge in [0.1, 0.15) is 12.6 Å². The Labute approximate surface area is 161 Å². The van der Waals surface area contributed by atoms with E-state index < -0.39 is 17.9 Å². The third-order valence-corrected chi connectivity index (χ3v) is 4.31. The summed E-state index contributed by atoms with van der Waals surface area (Å²) < 4.78 is 10.5. The van der Waals surface area contributed by atoms with Crippen LogP contribution in [0.15, 0.2) is 77.4 Å². The van der Waals surface area contributed by atoms with Gasteiger partial charge in [0.15, 0.2) is 5.76 Å². The fourth-order valence-electron chi connectivity index (χ4n) is 2.55. The van der Waals surface area contributed by atoms with Crippen molar-refractivity contribution in [3.8, 4) is 0 Å². The third-order valence-electron chi connectivity index (χ3n) is 3.95. The molecule has 1 aromatic heterocycles. The van der Waals surface area contributed by atoms with Gasteiger partial charge in [-0.15, -0.1) is 0 Å². The summed E-state index contributed by atoms with van der Waals surface area (Å²) in [7, 11) is 0. The van der Waals surface area contributed by atoms with E-state index in [2.05, 4.69) is 5.32 Å². The van der Waals surface area contributed by atoms with Crippen molar-refractivity contribution in [1.29, 1.82) is 0 Å². The van der Waals surface area contributed by atoms with Gasteiger partial charge in [0.2, 0.25) is 0 Å². The van der Waals surface area contributed by atoms with Crippen LogP contribution >= 0.6 is 11.6 Å². The van der Waals surface area contributed by atoms with Crippen molar-refractivity contribution in [2.45, 2.75) is 19.1 Å². The summed E-state index contributed by atoms with van der Waals surface area (Å²) in [4.78, 5) is 24.9. The minimum Gasteiger partial charge on any atom is -0.459 e. The Bertz CT molecular complexity index is 894. The first-order chi connectivity index (χ1) is 13.1. The van der Waals surface area contributed by atoms with Crippen LogP contribution in [0.3, 0.4) is 0 Å². The van der Waals surface area contributed by atoms with Gasteiger partial charge in [-0.3, -0.25) is 4.79 Å². The molecule has 0 saturated carbocycles. The molecule has 1 heterocycles. The quantitative estimate of drug-likeness (QED) is 0.626. The van der Waals surface area contributed by atoms with Gasteiger partial charge in [0.05, 0.1) is 6.26 Å². The van der Waals surface area contributed by atoms with Crippen molar-refractivity contribution in [3.05, 3.63) is 94.9 Å². The van der Waals surface area contributed by atoms with Crippen LogP contribution in [0.2, 0.25) is 5.02 Å². The molecule has 5 nitrogen and oxygen atoms in total. The maximum Gasteiger partial charge on any atom is 0.329 e. The molecule has 0 radical (unpaired) electrons. The predicted octanol–water partition coefficient (Wildman–Crippen LogP) is 4.02. The normalized spacial score (nSPS) is 11.6. The standard InChI is InChI=1S/C21H18ClNO4/c22-17-10-5-4-9-16(17)14-27-21(25)18(13-15-7-2-1-3-8-15)23-20(24)19-11-6-12-26-19/h1-12,18H,13-14H2,(H,23,24)/t18-/m0/s1. The number of amides is 1. The van der Waals surface area contributed by atoms with Crippen molar-refractivity contribution in [3.63, 3.8) is 0 Å². The summed E-state index contributed by atoms with van der Waals surface area (Å²) in [5, 5.41) is 3.20. The van der Waals surface area contributed by atoms with Crippen LogP contribution in [-0.2, 0) is 22.6 Å². The molecule has 6 heteroatoms. The smallest absolute Gasteiger partial charge is 0.329 e. The van der Waals surface area contributed by atoms with E-state index in [-0.39, 0.29) is 12.4 Å². The number of benzene rings is 2. The lowest BCUT2D eigenvalue weighted by Crippen LogP contribution is -2.43. The Kier molecular flexibility index (Phi) is 6.28. The maximum absolute atomic E-state index is 12.6. The molecule has 0 aliphatic heterocycles. The number of carbonyl (C=O) groups is 2. The topological polar surface area (TPSA) is 68.5 Å². The van der Waals surface area contributed by atoms with Crippen molar-refractivity contribution in [2.24, 2.45) is 0 Å². The molecule has 1 atom stereocenters. The lowest BCUT2D eigenvalue weighted by Gasteiger charge is -2.17. The van der Waals surface area contributed by atoms with Gasteiger partial charge in [-0.05, 0) is 23.8 Å². The molecule has 27 heavy (non-hydrogen) atoms. The summed E-state index contributed by atoms with van der Waals surface area (Å²) in [6.07, 6.45) is 1.70. The highest BCUT2D eigenvalue weighted by Crippen LogP contribution is 2.16. The van der Waals surface area contributed by atoms with E-state index in [0.717, 1.165) is 5.56 Å². The number of esters is 1. The van der Waals surface area contributed by atoms with Gasteiger partial charge in [0.25, 0.3) is 5.91 Å². The van der Waals surface area contributed by atoms with Gasteiger partial charge in [-0.1, -0.05) is 60.1 Å². The van der Waals surface area contributed by atoms with Crippen LogP contribution in [0.4, 0.5) is 0 Å². The Hall–Kier alpha value is -3.05. The number of rotatable bonds is 7. The molecular formula is C21H18ClNO4. The molecule has 1 amide bonds. The van der Waals surface area contributed by atoms with E-state index in [1.165, 1.54) is 12.3 Å². The average molecular weight is 384 g/mol. The van der Waals surface area contributed by atoms with Crippen LogP contribution in [0.25, 0.3) is 0 Å². The molecule has 0 saturated heterocycles. The molecule has 0 fully saturated rings. The van der Waals surface area contributed by atoms with Gasteiger partial charge in [-0.2, -0.15) is 0 Å². The predicted molar refractivity (Wildman–Crippen MR) is 101 cm³/mol. The molecule has 0 spiro atoms. The lowest BCUT2D eigenvalue weighted by atomic mass is 10.1. The average Bonchev–Trinajstić information content (AvgIpc) is 3.22. The highest BCUT2D eigenvalue weighted by Gasteiger charge is 2.24. The Morgan fingerprint density at radius 3 is 2.44 bits per heavy atom. The molecule has 3 aromatic rings. The zero-order chi connectivity index (χ0) is 19.1. The van der Waals surface area contributed by atoms with Crippen LogP contribution in [0, 0.1) is 0 Å². The van der Waals surface area contributed by atoms with E-state index in [1.54, 1.807) is 24.3 Å². The highest BCUT2D eigenvalue weighted by atomic mass is 35.5. The summed E-state index contributed by atoms with van der Waals surface area (Å²) in [5.41, 5.74) is 1.60. The van der Waals surface area contributed by atoms with Gasteiger partial charge < -0.3 is 14.5 Å². The van der Waals surface area contributed by atoms with Crippen molar-refractivity contribution < 1.29 is 18.7 Å². The molecule has 0 aliphatic rings. The molecule has 3 rings (SSSR count). The molecule has 138 valence electrons. The first-order valence-electron chi connectivity index (χ1n) is 8.42. The first kappa shape index (κ1) is 18.7. The fraction of sp³-hybridized carbons (Fsp3) is 0.143. The Morgan fingerprint density at radius 2 is 1.74 bits per heavy atom. The Balaban J connectivity index is 1.70. The van der Waals surface area contributed by atoms with Gasteiger partial charge >= 0.3 is 5.97 Å². The number of carbonyl (C=O) groups excluding carboxylic acids is 2. The molecular weight excluding hydrogens is 366 g/mol. The van der Waals surface area contributed by atoms with E-state index in [4.69, 9.17) is 20.8 Å². The highest BCUT2D eigenvalue weighted by molar-refractivity contribution is 6.31. The van der Waals surface area contributed by atoms with E-state index in [1.807, 2.05) is 36.4 Å².